The molecule has 3 N–H and O–H groups in total. The lowest BCUT2D eigenvalue weighted by molar-refractivity contribution is -0.143. The zero-order chi connectivity index (χ0) is 15.9. The summed E-state index contributed by atoms with van der Waals surface area (Å²) in [6.07, 6.45) is 3.59. The van der Waals surface area contributed by atoms with E-state index in [2.05, 4.69) is 11.8 Å². The highest BCUT2D eigenvalue weighted by molar-refractivity contribution is 5.70. The van der Waals surface area contributed by atoms with E-state index in [0.29, 0.717) is 18.8 Å². The highest BCUT2D eigenvalue weighted by Crippen LogP contribution is 2.23. The Hall–Kier alpha value is -1.75. The number of nitrogens with zero attached hydrogens (tertiary/aromatic N) is 1. The lowest BCUT2D eigenvalue weighted by Gasteiger charge is -2.30. The number of carbonyl (C=O) groups is 1. The van der Waals surface area contributed by atoms with Crippen molar-refractivity contribution in [3.05, 3.63) is 23.8 Å². The lowest BCUT2D eigenvalue weighted by Crippen LogP contribution is -2.39. The molecule has 1 aliphatic rings. The average Bonchev–Trinajstić information content (AvgIpc) is 2.52. The van der Waals surface area contributed by atoms with Gasteiger partial charge in [0.1, 0.15) is 5.75 Å². The highest BCUT2D eigenvalue weighted by Gasteiger charge is 2.24. The first-order valence-electron chi connectivity index (χ1n) is 8.06. The molecule has 5 heteroatoms. The molecule has 1 aromatic carbocycles. The molecular formula is C17H26N2O3. The monoisotopic (exact) mass is 306 g/mol. The second-order valence-electron chi connectivity index (χ2n) is 5.95. The molecule has 1 atom stereocenters. The van der Waals surface area contributed by atoms with Crippen molar-refractivity contribution in [3.8, 4) is 5.75 Å². The maximum absolute atomic E-state index is 11.1. The number of hydrogen-bond donors (Lipinski definition) is 2. The second-order valence-corrected chi connectivity index (χ2v) is 5.95. The van der Waals surface area contributed by atoms with Crippen molar-refractivity contribution in [1.29, 1.82) is 0 Å². The fourth-order valence-electron chi connectivity index (χ4n) is 2.84. The fraction of sp³-hybridized carbons (Fsp3) is 0.588. The summed E-state index contributed by atoms with van der Waals surface area (Å²) in [4.78, 5) is 13.3. The predicted octanol–water partition coefficient (Wildman–Crippen LogP) is 2.40. The van der Waals surface area contributed by atoms with Crippen LogP contribution in [-0.2, 0) is 11.2 Å². The van der Waals surface area contributed by atoms with Crippen molar-refractivity contribution in [3.63, 3.8) is 0 Å². The number of anilines is 1. The number of carboxylic acids is 1. The lowest BCUT2D eigenvalue weighted by atomic mass is 9.98. The first-order valence-corrected chi connectivity index (χ1v) is 8.06. The molecule has 0 aromatic heterocycles. The Morgan fingerprint density at radius 1 is 1.50 bits per heavy atom. The number of nitrogen functional groups attached to an aromatic ring is 1. The molecule has 0 spiro atoms. The van der Waals surface area contributed by atoms with E-state index in [1.54, 1.807) is 0 Å². The van der Waals surface area contributed by atoms with E-state index in [1.165, 1.54) is 5.56 Å². The first-order chi connectivity index (χ1) is 10.6. The van der Waals surface area contributed by atoms with E-state index in [-0.39, 0.29) is 5.92 Å². The molecule has 0 bridgehead atoms. The molecule has 2 rings (SSSR count). The largest absolute Gasteiger partial charge is 0.491 e. The number of aliphatic carboxylic acids is 1. The van der Waals surface area contributed by atoms with Gasteiger partial charge in [0.05, 0.1) is 18.2 Å². The Morgan fingerprint density at radius 3 is 3.00 bits per heavy atom. The van der Waals surface area contributed by atoms with Crippen LogP contribution in [0.3, 0.4) is 0 Å². The van der Waals surface area contributed by atoms with E-state index >= 15 is 0 Å². The van der Waals surface area contributed by atoms with E-state index in [4.69, 9.17) is 15.6 Å². The molecule has 1 aromatic rings. The maximum atomic E-state index is 11.1. The van der Waals surface area contributed by atoms with Crippen LogP contribution in [0.4, 0.5) is 5.69 Å². The van der Waals surface area contributed by atoms with Gasteiger partial charge in [-0.15, -0.1) is 0 Å². The molecule has 0 amide bonds. The minimum absolute atomic E-state index is 0.219. The Morgan fingerprint density at radius 2 is 2.32 bits per heavy atom. The molecule has 1 fully saturated rings. The van der Waals surface area contributed by atoms with Crippen molar-refractivity contribution < 1.29 is 14.6 Å². The molecule has 0 radical (unpaired) electrons. The summed E-state index contributed by atoms with van der Waals surface area (Å²) in [7, 11) is 0. The average molecular weight is 306 g/mol. The van der Waals surface area contributed by atoms with Crippen LogP contribution in [0.15, 0.2) is 18.2 Å². The standard InChI is InChI=1S/C17H26N2O3/c1-2-10-22-16-6-5-13(11-15(16)18)7-9-19-8-3-4-14(12-19)17(20)21/h5-6,11,14H,2-4,7-10,12,18H2,1H3,(H,20,21). The van der Waals surface area contributed by atoms with E-state index < -0.39 is 5.97 Å². The van der Waals surface area contributed by atoms with Gasteiger partial charge in [-0.2, -0.15) is 0 Å². The molecule has 1 unspecified atom stereocenters. The van der Waals surface area contributed by atoms with Crippen LogP contribution in [0.2, 0.25) is 0 Å². The first kappa shape index (κ1) is 16.6. The number of benzene rings is 1. The van der Waals surface area contributed by atoms with Gasteiger partial charge < -0.3 is 20.5 Å². The second kappa shape index (κ2) is 8.03. The van der Waals surface area contributed by atoms with Crippen LogP contribution in [0.5, 0.6) is 5.75 Å². The van der Waals surface area contributed by atoms with Crippen LogP contribution >= 0.6 is 0 Å². The summed E-state index contributed by atoms with van der Waals surface area (Å²) in [6.45, 7) is 5.25. The van der Waals surface area contributed by atoms with Gasteiger partial charge in [-0.3, -0.25) is 4.79 Å². The minimum atomic E-state index is -0.675. The number of piperidine rings is 1. The molecule has 22 heavy (non-hydrogen) atoms. The zero-order valence-corrected chi connectivity index (χ0v) is 13.3. The summed E-state index contributed by atoms with van der Waals surface area (Å²) >= 11 is 0. The third kappa shape index (κ3) is 4.63. The van der Waals surface area contributed by atoms with Crippen LogP contribution < -0.4 is 10.5 Å². The van der Waals surface area contributed by atoms with Gasteiger partial charge in [-0.05, 0) is 49.9 Å². The van der Waals surface area contributed by atoms with Gasteiger partial charge in [0.2, 0.25) is 0 Å². The summed E-state index contributed by atoms with van der Waals surface area (Å²) in [5.41, 5.74) is 7.86. The molecule has 122 valence electrons. The highest BCUT2D eigenvalue weighted by atomic mass is 16.5. The van der Waals surface area contributed by atoms with Gasteiger partial charge in [-0.25, -0.2) is 0 Å². The van der Waals surface area contributed by atoms with Crippen molar-refractivity contribution in [1.82, 2.24) is 4.90 Å². The maximum Gasteiger partial charge on any atom is 0.307 e. The number of likely N-dealkylation sites (tertiary alicyclic amines) is 1. The van der Waals surface area contributed by atoms with E-state index in [0.717, 1.165) is 44.5 Å². The number of rotatable bonds is 7. The van der Waals surface area contributed by atoms with Crippen molar-refractivity contribution >= 4 is 11.7 Å². The predicted molar refractivity (Wildman–Crippen MR) is 87.1 cm³/mol. The van der Waals surface area contributed by atoms with Crippen LogP contribution in [0, 0.1) is 5.92 Å². The topological polar surface area (TPSA) is 75.8 Å². The smallest absolute Gasteiger partial charge is 0.307 e. The van der Waals surface area contributed by atoms with Gasteiger partial charge in [-0.1, -0.05) is 13.0 Å². The van der Waals surface area contributed by atoms with E-state index in [1.807, 2.05) is 18.2 Å². The Balaban J connectivity index is 1.86. The number of carboxylic acid groups (broad SMARTS) is 1. The van der Waals surface area contributed by atoms with Crippen LogP contribution in [-0.4, -0.2) is 42.2 Å². The normalized spacial score (nSPS) is 19.0. The molecule has 0 saturated carbocycles. The number of nitrogens with two attached hydrogens (primary N) is 1. The Labute approximate surface area is 132 Å². The van der Waals surface area contributed by atoms with Gasteiger partial charge >= 0.3 is 5.97 Å². The van der Waals surface area contributed by atoms with Crippen molar-refractivity contribution in [2.24, 2.45) is 5.92 Å². The molecule has 1 heterocycles. The molecule has 5 nitrogen and oxygen atoms in total. The summed E-state index contributed by atoms with van der Waals surface area (Å²) in [6, 6.07) is 5.93. The van der Waals surface area contributed by atoms with Gasteiger partial charge in [0.15, 0.2) is 0 Å². The zero-order valence-electron chi connectivity index (χ0n) is 13.3. The summed E-state index contributed by atoms with van der Waals surface area (Å²) in [5, 5.41) is 9.12. The quantitative estimate of drug-likeness (QED) is 0.757. The Kier molecular flexibility index (Phi) is 6.07. The van der Waals surface area contributed by atoms with Crippen LogP contribution in [0.25, 0.3) is 0 Å². The molecule has 1 saturated heterocycles. The van der Waals surface area contributed by atoms with Crippen molar-refractivity contribution in [2.45, 2.75) is 32.6 Å². The fourth-order valence-corrected chi connectivity index (χ4v) is 2.84. The minimum Gasteiger partial charge on any atom is -0.491 e. The SMILES string of the molecule is CCCOc1ccc(CCN2CCCC(C(=O)O)C2)cc1N. The van der Waals surface area contributed by atoms with Crippen molar-refractivity contribution in [2.75, 3.05) is 32.0 Å². The third-order valence-electron chi connectivity index (χ3n) is 4.11. The Bertz CT molecular complexity index is 505. The third-order valence-corrected chi connectivity index (χ3v) is 4.11. The molecule has 0 aliphatic carbocycles. The van der Waals surface area contributed by atoms with E-state index in [9.17, 15) is 4.79 Å². The number of ether oxygens (including phenoxy) is 1. The van der Waals surface area contributed by atoms with Gasteiger partial charge in [0, 0.05) is 13.1 Å². The van der Waals surface area contributed by atoms with Gasteiger partial charge in [0.25, 0.3) is 0 Å². The molecule has 1 aliphatic heterocycles. The van der Waals surface area contributed by atoms with Crippen LogP contribution in [0.1, 0.15) is 31.7 Å². The summed E-state index contributed by atoms with van der Waals surface area (Å²) < 4.78 is 5.58. The summed E-state index contributed by atoms with van der Waals surface area (Å²) in [5.74, 6) is -0.149. The molecular weight excluding hydrogens is 280 g/mol. The number of hydrogen-bond acceptors (Lipinski definition) is 4.